The fourth-order valence-corrected chi connectivity index (χ4v) is 3.58. The first kappa shape index (κ1) is 13.3. The van der Waals surface area contributed by atoms with Crippen LogP contribution >= 0.6 is 0 Å². The molecule has 0 radical (unpaired) electrons. The van der Waals surface area contributed by atoms with Gasteiger partial charge in [0.15, 0.2) is 0 Å². The Morgan fingerprint density at radius 2 is 1.70 bits per heavy atom. The van der Waals surface area contributed by atoms with E-state index >= 15 is 0 Å². The van der Waals surface area contributed by atoms with Crippen molar-refractivity contribution in [1.82, 2.24) is 5.32 Å². The third-order valence-corrected chi connectivity index (χ3v) is 5.48. The molecule has 2 aliphatic rings. The molecule has 2 unspecified atom stereocenters. The SMILES string of the molecule is Cc1ccc(C2C(=O)NC(=O)CC2(C)C2(C)CC2)cc1. The average Bonchev–Trinajstić information content (AvgIpc) is 3.10. The van der Waals surface area contributed by atoms with Crippen LogP contribution in [0, 0.1) is 17.8 Å². The fourth-order valence-electron chi connectivity index (χ4n) is 3.58. The van der Waals surface area contributed by atoms with E-state index in [2.05, 4.69) is 19.2 Å². The summed E-state index contributed by atoms with van der Waals surface area (Å²) < 4.78 is 0. The summed E-state index contributed by atoms with van der Waals surface area (Å²) in [5.74, 6) is -0.497. The lowest BCUT2D eigenvalue weighted by Crippen LogP contribution is -2.52. The topological polar surface area (TPSA) is 46.2 Å². The Hall–Kier alpha value is -1.64. The van der Waals surface area contributed by atoms with Crippen LogP contribution in [0.2, 0.25) is 0 Å². The molecule has 2 atom stereocenters. The molecule has 0 aromatic heterocycles. The number of nitrogens with one attached hydrogen (secondary N) is 1. The Bertz CT molecular complexity index is 571. The van der Waals surface area contributed by atoms with E-state index < -0.39 is 0 Å². The number of imide groups is 1. The van der Waals surface area contributed by atoms with E-state index in [4.69, 9.17) is 0 Å². The smallest absolute Gasteiger partial charge is 0.234 e. The maximum Gasteiger partial charge on any atom is 0.234 e. The first-order valence-electron chi connectivity index (χ1n) is 7.26. The van der Waals surface area contributed by atoms with Crippen LogP contribution in [-0.4, -0.2) is 11.8 Å². The molecule has 1 aromatic carbocycles. The number of carbonyl (C=O) groups excluding carboxylic acids is 2. The molecule has 1 aliphatic carbocycles. The quantitative estimate of drug-likeness (QED) is 0.841. The number of piperidine rings is 1. The molecule has 1 saturated heterocycles. The second kappa shape index (κ2) is 4.18. The van der Waals surface area contributed by atoms with Gasteiger partial charge in [0.25, 0.3) is 0 Å². The fraction of sp³-hybridized carbons (Fsp3) is 0.529. The standard InChI is InChI=1S/C17H21NO2/c1-11-4-6-12(7-5-11)14-15(20)18-13(19)10-17(14,3)16(2)8-9-16/h4-7,14H,8-10H2,1-3H3,(H,18,19,20). The van der Waals surface area contributed by atoms with Gasteiger partial charge in [-0.1, -0.05) is 43.7 Å². The van der Waals surface area contributed by atoms with E-state index in [1.807, 2.05) is 31.2 Å². The molecule has 1 aliphatic heterocycles. The van der Waals surface area contributed by atoms with E-state index in [1.54, 1.807) is 0 Å². The molecule has 3 heteroatoms. The average molecular weight is 271 g/mol. The molecule has 3 nitrogen and oxygen atoms in total. The zero-order valence-corrected chi connectivity index (χ0v) is 12.3. The van der Waals surface area contributed by atoms with Gasteiger partial charge in [0.1, 0.15) is 0 Å². The van der Waals surface area contributed by atoms with Crippen molar-refractivity contribution < 1.29 is 9.59 Å². The van der Waals surface area contributed by atoms with Crippen molar-refractivity contribution in [3.63, 3.8) is 0 Å². The van der Waals surface area contributed by atoms with Gasteiger partial charge in [-0.15, -0.1) is 0 Å². The Morgan fingerprint density at radius 3 is 2.25 bits per heavy atom. The summed E-state index contributed by atoms with van der Waals surface area (Å²) >= 11 is 0. The molecule has 1 saturated carbocycles. The predicted molar refractivity (Wildman–Crippen MR) is 77.1 cm³/mol. The lowest BCUT2D eigenvalue weighted by atomic mass is 9.60. The van der Waals surface area contributed by atoms with Gasteiger partial charge in [-0.2, -0.15) is 0 Å². The third kappa shape index (κ3) is 1.88. The number of benzene rings is 1. The van der Waals surface area contributed by atoms with Gasteiger partial charge in [0.2, 0.25) is 11.8 Å². The van der Waals surface area contributed by atoms with E-state index in [0.29, 0.717) is 6.42 Å². The summed E-state index contributed by atoms with van der Waals surface area (Å²) in [4.78, 5) is 24.3. The summed E-state index contributed by atoms with van der Waals surface area (Å²) in [6, 6.07) is 8.13. The molecule has 106 valence electrons. The van der Waals surface area contributed by atoms with Crippen LogP contribution in [0.1, 0.15) is 50.2 Å². The summed E-state index contributed by atoms with van der Waals surface area (Å²) in [5.41, 5.74) is 2.04. The molecule has 1 heterocycles. The maximum absolute atomic E-state index is 12.4. The number of carbonyl (C=O) groups is 2. The van der Waals surface area contributed by atoms with Gasteiger partial charge in [0, 0.05) is 6.42 Å². The monoisotopic (exact) mass is 271 g/mol. The van der Waals surface area contributed by atoms with E-state index in [9.17, 15) is 9.59 Å². The minimum atomic E-state index is -0.276. The van der Waals surface area contributed by atoms with Crippen molar-refractivity contribution in [2.24, 2.45) is 10.8 Å². The van der Waals surface area contributed by atoms with Crippen LogP contribution in [0.4, 0.5) is 0 Å². The third-order valence-electron chi connectivity index (χ3n) is 5.48. The molecule has 1 N–H and O–H groups in total. The molecular formula is C17H21NO2. The van der Waals surface area contributed by atoms with Crippen LogP contribution < -0.4 is 5.32 Å². The highest BCUT2D eigenvalue weighted by atomic mass is 16.2. The van der Waals surface area contributed by atoms with Crippen molar-refractivity contribution in [3.05, 3.63) is 35.4 Å². The minimum Gasteiger partial charge on any atom is -0.296 e. The van der Waals surface area contributed by atoms with Gasteiger partial charge < -0.3 is 0 Å². The van der Waals surface area contributed by atoms with Crippen molar-refractivity contribution in [1.29, 1.82) is 0 Å². The molecule has 20 heavy (non-hydrogen) atoms. The Morgan fingerprint density at radius 1 is 1.10 bits per heavy atom. The van der Waals surface area contributed by atoms with Crippen LogP contribution in [0.5, 0.6) is 0 Å². The molecule has 3 rings (SSSR count). The molecule has 1 aromatic rings. The molecular weight excluding hydrogens is 250 g/mol. The van der Waals surface area contributed by atoms with Crippen LogP contribution in [-0.2, 0) is 9.59 Å². The highest BCUT2D eigenvalue weighted by Gasteiger charge is 2.61. The molecule has 2 fully saturated rings. The Kier molecular flexibility index (Phi) is 2.79. The second-order valence-corrected chi connectivity index (χ2v) is 6.91. The van der Waals surface area contributed by atoms with Crippen LogP contribution in [0.3, 0.4) is 0 Å². The number of amides is 2. The lowest BCUT2D eigenvalue weighted by molar-refractivity contribution is -0.142. The Balaban J connectivity index is 2.06. The van der Waals surface area contributed by atoms with Gasteiger partial charge in [-0.3, -0.25) is 14.9 Å². The first-order chi connectivity index (χ1) is 9.36. The second-order valence-electron chi connectivity index (χ2n) is 6.91. The summed E-state index contributed by atoms with van der Waals surface area (Å²) in [6.07, 6.45) is 2.65. The highest BCUT2D eigenvalue weighted by molar-refractivity contribution is 6.02. The van der Waals surface area contributed by atoms with Crippen LogP contribution in [0.25, 0.3) is 0 Å². The number of hydrogen-bond donors (Lipinski definition) is 1. The van der Waals surface area contributed by atoms with Crippen LogP contribution in [0.15, 0.2) is 24.3 Å². The van der Waals surface area contributed by atoms with Crippen molar-refractivity contribution >= 4 is 11.8 Å². The number of rotatable bonds is 2. The molecule has 0 bridgehead atoms. The van der Waals surface area contributed by atoms with Crippen molar-refractivity contribution in [3.8, 4) is 0 Å². The summed E-state index contributed by atoms with van der Waals surface area (Å²) in [5, 5.41) is 2.52. The van der Waals surface area contributed by atoms with Gasteiger partial charge in [0.05, 0.1) is 5.92 Å². The zero-order valence-electron chi connectivity index (χ0n) is 12.3. The molecule has 0 spiro atoms. The first-order valence-corrected chi connectivity index (χ1v) is 7.26. The van der Waals surface area contributed by atoms with E-state index in [0.717, 1.165) is 18.4 Å². The highest BCUT2D eigenvalue weighted by Crippen LogP contribution is 2.65. The largest absolute Gasteiger partial charge is 0.296 e. The van der Waals surface area contributed by atoms with E-state index in [1.165, 1.54) is 5.56 Å². The summed E-state index contributed by atoms with van der Waals surface area (Å²) in [6.45, 7) is 6.36. The number of hydrogen-bond acceptors (Lipinski definition) is 2. The van der Waals surface area contributed by atoms with Gasteiger partial charge >= 0.3 is 0 Å². The normalized spacial score (nSPS) is 31.9. The molecule has 2 amide bonds. The van der Waals surface area contributed by atoms with Gasteiger partial charge in [-0.05, 0) is 36.2 Å². The zero-order chi connectivity index (χ0) is 14.5. The van der Waals surface area contributed by atoms with Gasteiger partial charge in [-0.25, -0.2) is 0 Å². The Labute approximate surface area is 119 Å². The van der Waals surface area contributed by atoms with Crippen molar-refractivity contribution in [2.45, 2.75) is 46.0 Å². The summed E-state index contributed by atoms with van der Waals surface area (Å²) in [7, 11) is 0. The van der Waals surface area contributed by atoms with E-state index in [-0.39, 0.29) is 28.6 Å². The lowest BCUT2D eigenvalue weighted by Gasteiger charge is -2.45. The minimum absolute atomic E-state index is 0.107. The maximum atomic E-state index is 12.4. The number of aryl methyl sites for hydroxylation is 1. The predicted octanol–water partition coefficient (Wildman–Crippen LogP) is 2.93. The van der Waals surface area contributed by atoms with Crippen molar-refractivity contribution in [2.75, 3.05) is 0 Å².